The fourth-order valence-corrected chi connectivity index (χ4v) is 9.16. The van der Waals surface area contributed by atoms with Gasteiger partial charge < -0.3 is 5.11 Å². The Kier molecular flexibility index (Phi) is 11.9. The summed E-state index contributed by atoms with van der Waals surface area (Å²) < 4.78 is 5.31. The molecule has 4 heterocycles. The van der Waals surface area contributed by atoms with Crippen LogP contribution in [0.3, 0.4) is 0 Å². The molecule has 6 aromatic rings. The fraction of sp³-hybridized carbons (Fsp3) is 0.415. The number of rotatable bonds is 8. The Labute approximate surface area is 311 Å². The van der Waals surface area contributed by atoms with Gasteiger partial charge in [-0.1, -0.05) is 73.4 Å². The fourth-order valence-electron chi connectivity index (χ4n) is 6.03. The van der Waals surface area contributed by atoms with E-state index in [0.29, 0.717) is 0 Å². The molecule has 0 aliphatic rings. The van der Waals surface area contributed by atoms with Crippen LogP contribution in [0, 0.1) is 23.8 Å². The van der Waals surface area contributed by atoms with Crippen molar-refractivity contribution in [3.63, 3.8) is 0 Å². The number of aliphatic hydroxyl groups excluding tert-OH is 1. The number of hydrogen-bond donors (Lipinski definition) is 1. The number of thiophene rings is 3. The third kappa shape index (κ3) is 7.23. The minimum Gasteiger partial charge on any atom is -0.512 e. The first-order chi connectivity index (χ1) is 22.2. The molecule has 4 aromatic heterocycles. The first kappa shape index (κ1) is 38.4. The molecule has 1 radical (unpaired) electrons. The third-order valence-electron chi connectivity index (χ3n) is 10.3. The number of fused-ring (bicyclic) bond motifs is 6. The predicted octanol–water partition coefficient (Wildman–Crippen LogP) is 13.6. The standard InChI is InChI=1S/C26H20NS3.C15H28O2.Ir/c1-14-11-17-19(29-14)5-6-20-22(17)23-21(30-20)7-9-27-24(23)16-12-15-8-10-28-25(15)18(13-16)26(2,3)4;1-7-14(5,8-2)12(16)11-13(17)15(6,9-3)10-4;/h5-11,13H,1-4H3;11,16H,7-10H2,1-6H3;/q-1;;/b;12-11-;. The number of carbonyl (C=O) groups excluding carboxylic acids is 1. The van der Waals surface area contributed by atoms with E-state index in [1.165, 1.54) is 56.9 Å². The summed E-state index contributed by atoms with van der Waals surface area (Å²) in [5.41, 5.74) is 2.98. The van der Waals surface area contributed by atoms with Crippen LogP contribution in [0.25, 0.3) is 51.6 Å². The van der Waals surface area contributed by atoms with E-state index in [0.717, 1.165) is 36.9 Å². The molecule has 1 N–H and O–H groups in total. The quantitative estimate of drug-likeness (QED) is 0.0941. The van der Waals surface area contributed by atoms with Crippen molar-refractivity contribution in [1.82, 2.24) is 4.98 Å². The van der Waals surface area contributed by atoms with Crippen molar-refractivity contribution in [3.8, 4) is 11.3 Å². The minimum atomic E-state index is -0.337. The Balaban J connectivity index is 0.000000251. The van der Waals surface area contributed by atoms with Crippen molar-refractivity contribution < 1.29 is 30.0 Å². The number of allylic oxidation sites excluding steroid dienone is 2. The van der Waals surface area contributed by atoms with Crippen LogP contribution in [-0.2, 0) is 30.3 Å². The van der Waals surface area contributed by atoms with Gasteiger partial charge in [-0.2, -0.15) is 11.3 Å². The summed E-state index contributed by atoms with van der Waals surface area (Å²) in [6, 6.07) is 17.2. The minimum absolute atomic E-state index is 0. The Morgan fingerprint density at radius 3 is 2.10 bits per heavy atom. The molecule has 0 unspecified atom stereocenters. The smallest absolute Gasteiger partial charge is 0.164 e. The zero-order valence-corrected chi connectivity index (χ0v) is 34.7. The number of ketones is 1. The molecule has 0 spiro atoms. The number of carbonyl (C=O) groups is 1. The monoisotopic (exact) mass is 875 g/mol. The molecule has 0 aliphatic heterocycles. The summed E-state index contributed by atoms with van der Waals surface area (Å²) in [5, 5.41) is 17.5. The second-order valence-electron chi connectivity index (χ2n) is 14.3. The average molecular weight is 875 g/mol. The average Bonchev–Trinajstić information content (AvgIpc) is 3.78. The molecule has 3 nitrogen and oxygen atoms in total. The molecular formula is C41H48IrNO2S3-. The van der Waals surface area contributed by atoms with Crippen molar-refractivity contribution in [2.45, 2.75) is 100 Å². The van der Waals surface area contributed by atoms with E-state index in [1.807, 2.05) is 81.7 Å². The predicted molar refractivity (Wildman–Crippen MR) is 209 cm³/mol. The van der Waals surface area contributed by atoms with Crippen LogP contribution in [0.4, 0.5) is 0 Å². The Morgan fingerprint density at radius 1 is 0.854 bits per heavy atom. The van der Waals surface area contributed by atoms with Crippen molar-refractivity contribution in [1.29, 1.82) is 0 Å². The van der Waals surface area contributed by atoms with Gasteiger partial charge in [-0.05, 0) is 77.8 Å². The number of aryl methyl sites for hydroxylation is 1. The molecule has 0 saturated carbocycles. The second-order valence-corrected chi connectivity index (χ2v) is 17.6. The summed E-state index contributed by atoms with van der Waals surface area (Å²) in [7, 11) is 0. The number of hydrogen-bond acceptors (Lipinski definition) is 6. The molecule has 2 aromatic carbocycles. The molecule has 0 aliphatic carbocycles. The van der Waals surface area contributed by atoms with Gasteiger partial charge in [0.05, 0.1) is 0 Å². The van der Waals surface area contributed by atoms with Crippen molar-refractivity contribution >= 4 is 80.1 Å². The molecule has 0 saturated heterocycles. The molecule has 257 valence electrons. The van der Waals surface area contributed by atoms with Crippen LogP contribution in [0.5, 0.6) is 0 Å². The van der Waals surface area contributed by atoms with Crippen LogP contribution in [0.15, 0.2) is 59.8 Å². The zero-order chi connectivity index (χ0) is 34.3. The molecular weight excluding hydrogens is 827 g/mol. The van der Waals surface area contributed by atoms with Gasteiger partial charge in [0.1, 0.15) is 5.76 Å². The summed E-state index contributed by atoms with van der Waals surface area (Å²) >= 11 is 5.54. The van der Waals surface area contributed by atoms with Crippen LogP contribution in [-0.4, -0.2) is 15.9 Å². The maximum atomic E-state index is 12.2. The van der Waals surface area contributed by atoms with Gasteiger partial charge in [-0.15, -0.1) is 46.3 Å². The SMILES string of the molecule is CCC(C)(CC)C(=O)/C=C(\O)C(C)(CC)CC.Cc1cc2c(ccc3sc4ccnc(-c5[c-]c6ccsc6c(C(C)(C)C)c5)c4c32)s1.[Ir]. The first-order valence-electron chi connectivity index (χ1n) is 16.8. The number of nitrogens with zero attached hydrogens (tertiary/aromatic N) is 1. The third-order valence-corrected chi connectivity index (χ3v) is 13.4. The summed E-state index contributed by atoms with van der Waals surface area (Å²) in [5.74, 6) is 0.286. The van der Waals surface area contributed by atoms with Gasteiger partial charge >= 0.3 is 0 Å². The van der Waals surface area contributed by atoms with E-state index in [9.17, 15) is 9.90 Å². The van der Waals surface area contributed by atoms with Crippen LogP contribution < -0.4 is 0 Å². The van der Waals surface area contributed by atoms with Gasteiger partial charge in [0, 0.05) is 78.7 Å². The molecule has 0 amide bonds. The second kappa shape index (κ2) is 14.8. The topological polar surface area (TPSA) is 50.2 Å². The van der Waals surface area contributed by atoms with E-state index in [4.69, 9.17) is 4.98 Å². The molecule has 7 heteroatoms. The number of aromatic nitrogens is 1. The van der Waals surface area contributed by atoms with Gasteiger partial charge in [0.2, 0.25) is 0 Å². The molecule has 6 rings (SSSR count). The van der Waals surface area contributed by atoms with E-state index in [1.54, 1.807) is 0 Å². The Hall–Kier alpha value is -2.41. The zero-order valence-electron chi connectivity index (χ0n) is 29.9. The van der Waals surface area contributed by atoms with Crippen LogP contribution in [0.1, 0.15) is 98.4 Å². The normalized spacial score (nSPS) is 12.8. The maximum absolute atomic E-state index is 12.2. The van der Waals surface area contributed by atoms with Crippen LogP contribution >= 0.6 is 34.0 Å². The number of aliphatic hydroxyl groups is 1. The van der Waals surface area contributed by atoms with Crippen molar-refractivity contribution in [3.05, 3.63) is 76.3 Å². The maximum Gasteiger partial charge on any atom is 0.164 e. The van der Waals surface area contributed by atoms with Gasteiger partial charge in [-0.3, -0.25) is 9.78 Å². The van der Waals surface area contributed by atoms with E-state index >= 15 is 0 Å². The molecule has 0 bridgehead atoms. The Morgan fingerprint density at radius 2 is 1.48 bits per heavy atom. The molecule has 0 fully saturated rings. The largest absolute Gasteiger partial charge is 0.512 e. The van der Waals surface area contributed by atoms with Gasteiger partial charge in [0.15, 0.2) is 5.78 Å². The molecule has 0 atom stereocenters. The molecule has 48 heavy (non-hydrogen) atoms. The Bertz CT molecular complexity index is 2100. The van der Waals surface area contributed by atoms with Crippen molar-refractivity contribution in [2.24, 2.45) is 10.8 Å². The van der Waals surface area contributed by atoms with Crippen molar-refractivity contribution in [2.75, 3.05) is 0 Å². The van der Waals surface area contributed by atoms with Gasteiger partial charge in [-0.25, -0.2) is 0 Å². The van der Waals surface area contributed by atoms with E-state index in [-0.39, 0.29) is 47.9 Å². The van der Waals surface area contributed by atoms with E-state index in [2.05, 4.69) is 75.5 Å². The van der Waals surface area contributed by atoms with E-state index < -0.39 is 0 Å². The number of benzene rings is 2. The summed E-state index contributed by atoms with van der Waals surface area (Å²) in [6.45, 7) is 21.1. The van der Waals surface area contributed by atoms with Gasteiger partial charge in [0.25, 0.3) is 0 Å². The first-order valence-corrected chi connectivity index (χ1v) is 19.3. The summed E-state index contributed by atoms with van der Waals surface area (Å²) in [4.78, 5) is 18.4. The number of pyridine rings is 1. The summed E-state index contributed by atoms with van der Waals surface area (Å²) in [6.07, 6.45) is 6.70. The van der Waals surface area contributed by atoms with Crippen LogP contribution in [0.2, 0.25) is 0 Å².